The van der Waals surface area contributed by atoms with Crippen LogP contribution in [0.15, 0.2) is 24.3 Å². The fraction of sp³-hybridized carbons (Fsp3) is 0.714. The molecule has 154 valence electrons. The summed E-state index contributed by atoms with van der Waals surface area (Å²) >= 11 is 0. The predicted molar refractivity (Wildman–Crippen MR) is 110 cm³/mol. The van der Waals surface area contributed by atoms with Crippen molar-refractivity contribution in [1.29, 1.82) is 0 Å². The highest BCUT2D eigenvalue weighted by Crippen LogP contribution is 2.36. The monoisotopic (exact) mass is 397 g/mol. The van der Waals surface area contributed by atoms with Crippen LogP contribution in [0.5, 0.6) is 5.75 Å². The lowest BCUT2D eigenvalue weighted by Gasteiger charge is -2.33. The Morgan fingerprint density at radius 3 is 2.33 bits per heavy atom. The third-order valence-corrected chi connectivity index (χ3v) is 6.69. The van der Waals surface area contributed by atoms with Gasteiger partial charge in [0.2, 0.25) is 0 Å². The third-order valence-electron chi connectivity index (χ3n) is 4.93. The molecule has 0 aliphatic carbocycles. The number of rotatable bonds is 8. The quantitative estimate of drug-likeness (QED) is 0.705. The Kier molecular flexibility index (Phi) is 6.98. The molecule has 0 spiro atoms. The molecule has 5 nitrogen and oxygen atoms in total. The molecular weight excluding hydrogens is 362 g/mol. The van der Waals surface area contributed by atoms with Crippen molar-refractivity contribution in [3.05, 3.63) is 29.8 Å². The second kappa shape index (κ2) is 8.50. The highest BCUT2D eigenvalue weighted by atomic mass is 32.2. The molecule has 0 amide bonds. The molecule has 1 fully saturated rings. The number of hydrogen-bond acceptors (Lipinski definition) is 5. The van der Waals surface area contributed by atoms with Crippen molar-refractivity contribution in [2.45, 2.75) is 65.0 Å². The van der Waals surface area contributed by atoms with Crippen molar-refractivity contribution in [2.24, 2.45) is 5.41 Å². The molecule has 1 heterocycles. The zero-order valence-electron chi connectivity index (χ0n) is 17.3. The van der Waals surface area contributed by atoms with Gasteiger partial charge in [-0.25, -0.2) is 8.42 Å². The van der Waals surface area contributed by atoms with Crippen molar-refractivity contribution >= 4 is 9.84 Å². The van der Waals surface area contributed by atoms with Crippen LogP contribution in [0.25, 0.3) is 0 Å². The maximum absolute atomic E-state index is 11.4. The van der Waals surface area contributed by atoms with Crippen LogP contribution in [0.2, 0.25) is 0 Å². The molecular formula is C21H35NO4S. The lowest BCUT2D eigenvalue weighted by molar-refractivity contribution is 0.104. The van der Waals surface area contributed by atoms with Crippen LogP contribution >= 0.6 is 0 Å². The van der Waals surface area contributed by atoms with E-state index in [9.17, 15) is 13.5 Å². The van der Waals surface area contributed by atoms with Gasteiger partial charge in [0.05, 0.1) is 11.5 Å². The van der Waals surface area contributed by atoms with Gasteiger partial charge in [-0.3, -0.25) is 0 Å². The lowest BCUT2D eigenvalue weighted by atomic mass is 9.72. The Morgan fingerprint density at radius 2 is 1.81 bits per heavy atom. The average molecular weight is 398 g/mol. The van der Waals surface area contributed by atoms with Crippen LogP contribution in [-0.4, -0.2) is 50.3 Å². The normalized spacial score (nSPS) is 21.2. The third kappa shape index (κ3) is 7.43. The number of ether oxygens (including phenoxy) is 1. The molecule has 1 saturated heterocycles. The average Bonchev–Trinajstić information content (AvgIpc) is 2.88. The van der Waals surface area contributed by atoms with E-state index in [1.54, 1.807) is 0 Å². The molecule has 6 heteroatoms. The van der Waals surface area contributed by atoms with E-state index in [0.717, 1.165) is 12.2 Å². The number of aliphatic hydroxyl groups is 1. The van der Waals surface area contributed by atoms with E-state index in [2.05, 4.69) is 52.1 Å². The summed E-state index contributed by atoms with van der Waals surface area (Å²) in [5, 5.41) is 13.2. The van der Waals surface area contributed by atoms with E-state index in [4.69, 9.17) is 4.74 Å². The molecule has 0 radical (unpaired) electrons. The summed E-state index contributed by atoms with van der Waals surface area (Å²) in [4.78, 5) is 0. The molecule has 1 aliphatic heterocycles. The minimum absolute atomic E-state index is 0.0611. The Bertz CT molecular complexity index is 705. The highest BCUT2D eigenvalue weighted by molar-refractivity contribution is 7.91. The van der Waals surface area contributed by atoms with Gasteiger partial charge in [0.25, 0.3) is 0 Å². The zero-order valence-corrected chi connectivity index (χ0v) is 18.1. The summed E-state index contributed by atoms with van der Waals surface area (Å²) in [5.74, 6) is 1.12. The number of nitrogens with one attached hydrogen (secondary N) is 1. The number of aliphatic hydroxyl groups excluding tert-OH is 1. The Balaban J connectivity index is 1.79. The first-order valence-electron chi connectivity index (χ1n) is 9.72. The van der Waals surface area contributed by atoms with Crippen molar-refractivity contribution in [2.75, 3.05) is 24.7 Å². The van der Waals surface area contributed by atoms with E-state index in [0.29, 0.717) is 13.0 Å². The fourth-order valence-electron chi connectivity index (χ4n) is 3.94. The second-order valence-electron chi connectivity index (χ2n) is 9.62. The molecule has 1 aromatic carbocycles. The first kappa shape index (κ1) is 22.2. The van der Waals surface area contributed by atoms with Crippen molar-refractivity contribution < 1.29 is 18.3 Å². The van der Waals surface area contributed by atoms with E-state index in [1.807, 2.05) is 12.1 Å². The smallest absolute Gasteiger partial charge is 0.151 e. The Morgan fingerprint density at radius 1 is 1.19 bits per heavy atom. The van der Waals surface area contributed by atoms with Crippen LogP contribution in [0.1, 0.15) is 53.0 Å². The number of sulfone groups is 1. The van der Waals surface area contributed by atoms with Crippen LogP contribution in [-0.2, 0) is 15.3 Å². The summed E-state index contributed by atoms with van der Waals surface area (Å²) in [6.07, 6.45) is 1.02. The maximum Gasteiger partial charge on any atom is 0.151 e. The summed E-state index contributed by atoms with van der Waals surface area (Å²) in [6.45, 7) is 11.8. The van der Waals surface area contributed by atoms with E-state index in [1.165, 1.54) is 5.56 Å². The zero-order chi connectivity index (χ0) is 20.3. The maximum atomic E-state index is 11.4. The summed E-state index contributed by atoms with van der Waals surface area (Å²) in [5.41, 5.74) is 1.62. The van der Waals surface area contributed by atoms with Gasteiger partial charge < -0.3 is 15.2 Å². The molecule has 2 N–H and O–H groups in total. The van der Waals surface area contributed by atoms with Crippen LogP contribution in [0, 0.1) is 5.41 Å². The standard InChI is InChI=1S/C21H35NO4S/c1-20(2,3)15-21(4,5)16-6-8-19(9-7-16)26-13-18(23)12-22-17-10-11-27(24,25)14-17/h6-9,17-18,22-23H,10-15H2,1-5H3/t17-,18+/m0/s1. The molecule has 2 rings (SSSR count). The van der Waals surface area contributed by atoms with Gasteiger partial charge >= 0.3 is 0 Å². The van der Waals surface area contributed by atoms with Gasteiger partial charge in [0.1, 0.15) is 18.5 Å². The van der Waals surface area contributed by atoms with Crippen LogP contribution in [0.3, 0.4) is 0 Å². The Hall–Kier alpha value is -1.11. The largest absolute Gasteiger partial charge is 0.491 e. The minimum Gasteiger partial charge on any atom is -0.491 e. The van der Waals surface area contributed by atoms with Crippen molar-refractivity contribution in [3.63, 3.8) is 0 Å². The SMILES string of the molecule is CC(C)(C)CC(C)(C)c1ccc(OC[C@H](O)CN[C@H]2CCS(=O)(=O)C2)cc1. The summed E-state index contributed by atoms with van der Waals surface area (Å²) in [7, 11) is -2.90. The first-order chi connectivity index (χ1) is 12.4. The molecule has 2 atom stereocenters. The molecule has 27 heavy (non-hydrogen) atoms. The minimum atomic E-state index is -2.90. The second-order valence-corrected chi connectivity index (χ2v) is 11.8. The molecule has 0 saturated carbocycles. The van der Waals surface area contributed by atoms with Crippen LogP contribution in [0.4, 0.5) is 0 Å². The lowest BCUT2D eigenvalue weighted by Crippen LogP contribution is -2.38. The van der Waals surface area contributed by atoms with Gasteiger partial charge in [-0.1, -0.05) is 46.8 Å². The van der Waals surface area contributed by atoms with Crippen molar-refractivity contribution in [3.8, 4) is 5.75 Å². The van der Waals surface area contributed by atoms with Crippen LogP contribution < -0.4 is 10.1 Å². The van der Waals surface area contributed by atoms with Gasteiger partial charge in [-0.15, -0.1) is 0 Å². The molecule has 0 unspecified atom stereocenters. The van der Waals surface area contributed by atoms with E-state index in [-0.39, 0.29) is 35.0 Å². The summed E-state index contributed by atoms with van der Waals surface area (Å²) in [6, 6.07) is 8.02. The molecule has 0 bridgehead atoms. The first-order valence-corrected chi connectivity index (χ1v) is 11.5. The highest BCUT2D eigenvalue weighted by Gasteiger charge is 2.28. The van der Waals surface area contributed by atoms with Gasteiger partial charge in [-0.05, 0) is 41.4 Å². The Labute approximate surface area is 164 Å². The molecule has 0 aromatic heterocycles. The van der Waals surface area contributed by atoms with E-state index >= 15 is 0 Å². The summed E-state index contributed by atoms with van der Waals surface area (Å²) < 4.78 is 28.6. The van der Waals surface area contributed by atoms with E-state index < -0.39 is 15.9 Å². The number of hydrogen-bond donors (Lipinski definition) is 2. The number of benzene rings is 1. The topological polar surface area (TPSA) is 75.6 Å². The van der Waals surface area contributed by atoms with Gasteiger partial charge in [0, 0.05) is 12.6 Å². The molecule has 1 aliphatic rings. The van der Waals surface area contributed by atoms with Gasteiger partial charge in [0.15, 0.2) is 9.84 Å². The molecule has 1 aromatic rings. The fourth-order valence-corrected chi connectivity index (χ4v) is 5.65. The predicted octanol–water partition coefficient (Wildman–Crippen LogP) is 2.92. The van der Waals surface area contributed by atoms with Gasteiger partial charge in [-0.2, -0.15) is 0 Å². The van der Waals surface area contributed by atoms with Crippen molar-refractivity contribution in [1.82, 2.24) is 5.32 Å².